The van der Waals surface area contributed by atoms with Crippen LogP contribution < -0.4 is 5.73 Å². The Hall–Kier alpha value is -1.14. The number of carbonyl (C=O) groups excluding carboxylic acids is 1. The number of nitrogens with zero attached hydrogens (tertiary/aromatic N) is 1. The van der Waals surface area contributed by atoms with Gasteiger partial charge in [-0.2, -0.15) is 0 Å². The summed E-state index contributed by atoms with van der Waals surface area (Å²) in [6, 6.07) is -1.03. The molecule has 0 aromatic heterocycles. The number of amides is 1. The van der Waals surface area contributed by atoms with Crippen molar-refractivity contribution in [2.75, 3.05) is 6.54 Å². The van der Waals surface area contributed by atoms with Gasteiger partial charge < -0.3 is 20.8 Å². The van der Waals surface area contributed by atoms with E-state index in [1.807, 2.05) is 0 Å². The quantitative estimate of drug-likeness (QED) is 0.621. The van der Waals surface area contributed by atoms with Crippen LogP contribution in [-0.4, -0.2) is 51.7 Å². The van der Waals surface area contributed by atoms with Crippen molar-refractivity contribution < 1.29 is 19.8 Å². The molecule has 1 aliphatic heterocycles. The number of aliphatic carboxylic acids is 1. The molecule has 0 spiro atoms. The molecule has 3 aliphatic rings. The van der Waals surface area contributed by atoms with Gasteiger partial charge in [-0.1, -0.05) is 0 Å². The molecule has 0 aromatic carbocycles. The topological polar surface area (TPSA) is 104 Å². The first-order valence-corrected chi connectivity index (χ1v) is 6.96. The fourth-order valence-electron chi connectivity index (χ4n) is 4.19. The molecule has 6 nitrogen and oxygen atoms in total. The smallest absolute Gasteiger partial charge is 0.326 e. The number of likely N-dealkylation sites (tertiary alicyclic amines) is 1. The van der Waals surface area contributed by atoms with Gasteiger partial charge in [-0.15, -0.1) is 0 Å². The Morgan fingerprint density at radius 3 is 2.42 bits per heavy atom. The van der Waals surface area contributed by atoms with E-state index in [1.165, 1.54) is 4.90 Å². The number of hydrogen-bond acceptors (Lipinski definition) is 4. The van der Waals surface area contributed by atoms with Crippen molar-refractivity contribution in [1.82, 2.24) is 4.90 Å². The van der Waals surface area contributed by atoms with E-state index in [0.29, 0.717) is 11.8 Å². The van der Waals surface area contributed by atoms with E-state index in [0.717, 1.165) is 19.3 Å². The van der Waals surface area contributed by atoms with Gasteiger partial charge in [-0.05, 0) is 31.1 Å². The fraction of sp³-hybridized carbons (Fsp3) is 0.846. The first-order chi connectivity index (χ1) is 8.99. The van der Waals surface area contributed by atoms with Crippen LogP contribution in [-0.2, 0) is 9.59 Å². The van der Waals surface area contributed by atoms with Crippen molar-refractivity contribution in [2.45, 2.75) is 43.9 Å². The minimum Gasteiger partial charge on any atom is -0.480 e. The lowest BCUT2D eigenvalue weighted by molar-refractivity contribution is -0.151. The number of β-amino-alcohol motifs (C(OH)–C–C–N with tert-alkyl or cyclic N) is 1. The average Bonchev–Trinajstić information content (AvgIpc) is 3.01. The van der Waals surface area contributed by atoms with Crippen molar-refractivity contribution in [3.63, 3.8) is 0 Å². The first-order valence-electron chi connectivity index (χ1n) is 6.96. The van der Waals surface area contributed by atoms with E-state index in [-0.39, 0.29) is 30.8 Å². The summed E-state index contributed by atoms with van der Waals surface area (Å²) in [6.45, 7) is 0.121. The maximum atomic E-state index is 12.6. The van der Waals surface area contributed by atoms with E-state index >= 15 is 0 Å². The van der Waals surface area contributed by atoms with Gasteiger partial charge in [0.25, 0.3) is 0 Å². The van der Waals surface area contributed by atoms with Gasteiger partial charge in [-0.3, -0.25) is 4.79 Å². The Bertz CT molecular complexity index is 411. The van der Waals surface area contributed by atoms with E-state index < -0.39 is 18.1 Å². The highest BCUT2D eigenvalue weighted by Crippen LogP contribution is 2.48. The van der Waals surface area contributed by atoms with Crippen LogP contribution in [0.4, 0.5) is 0 Å². The van der Waals surface area contributed by atoms with Gasteiger partial charge >= 0.3 is 5.97 Å². The van der Waals surface area contributed by atoms with Crippen LogP contribution in [0.15, 0.2) is 0 Å². The third kappa shape index (κ3) is 1.94. The van der Waals surface area contributed by atoms with Crippen LogP contribution in [0.2, 0.25) is 0 Å². The molecule has 0 radical (unpaired) electrons. The van der Waals surface area contributed by atoms with E-state index in [2.05, 4.69) is 0 Å². The predicted octanol–water partition coefficient (Wildman–Crippen LogP) is -0.594. The molecule has 4 N–H and O–H groups in total. The summed E-state index contributed by atoms with van der Waals surface area (Å²) in [4.78, 5) is 25.1. The molecule has 2 bridgehead atoms. The second kappa shape index (κ2) is 4.45. The number of aliphatic hydroxyl groups is 1. The van der Waals surface area contributed by atoms with Crippen molar-refractivity contribution in [1.29, 1.82) is 0 Å². The standard InChI is InChI=1S/C13H20N2O4/c14-11-7-2-1-6(3-7)10(11)12(17)15-5-8(16)4-9(15)13(18)19/h6-11,16H,1-5,14H2,(H,18,19)/t6?,7?,8-,9-,10?,11?/m1/s1. The minimum absolute atomic E-state index is 0.121. The molecule has 4 unspecified atom stereocenters. The van der Waals surface area contributed by atoms with Crippen molar-refractivity contribution in [3.05, 3.63) is 0 Å². The highest BCUT2D eigenvalue weighted by Gasteiger charge is 2.52. The summed E-state index contributed by atoms with van der Waals surface area (Å²) < 4.78 is 0. The van der Waals surface area contributed by atoms with Crippen LogP contribution in [0, 0.1) is 17.8 Å². The molecule has 3 fully saturated rings. The second-order valence-corrected chi connectivity index (χ2v) is 6.17. The summed E-state index contributed by atoms with van der Waals surface area (Å²) in [5, 5.41) is 18.8. The molecule has 3 rings (SSSR count). The molecular weight excluding hydrogens is 248 g/mol. The number of carboxylic acids is 1. The summed E-state index contributed by atoms with van der Waals surface area (Å²) in [5.74, 6) is -0.731. The molecule has 6 heteroatoms. The largest absolute Gasteiger partial charge is 0.480 e. The molecule has 2 aliphatic carbocycles. The Kier molecular flexibility index (Phi) is 3.02. The molecule has 6 atom stereocenters. The number of hydrogen-bond donors (Lipinski definition) is 3. The number of aliphatic hydroxyl groups excluding tert-OH is 1. The summed E-state index contributed by atoms with van der Waals surface area (Å²) in [7, 11) is 0. The van der Waals surface area contributed by atoms with Crippen LogP contribution in [0.5, 0.6) is 0 Å². The van der Waals surface area contributed by atoms with Crippen molar-refractivity contribution >= 4 is 11.9 Å². The molecule has 19 heavy (non-hydrogen) atoms. The number of fused-ring (bicyclic) bond motifs is 2. The van der Waals surface area contributed by atoms with Crippen LogP contribution in [0.1, 0.15) is 25.7 Å². The third-order valence-electron chi connectivity index (χ3n) is 5.11. The van der Waals surface area contributed by atoms with Gasteiger partial charge in [0.05, 0.1) is 12.0 Å². The van der Waals surface area contributed by atoms with Gasteiger partial charge in [0.15, 0.2) is 0 Å². The summed E-state index contributed by atoms with van der Waals surface area (Å²) in [5.41, 5.74) is 6.13. The lowest BCUT2D eigenvalue weighted by Crippen LogP contribution is -2.50. The SMILES string of the molecule is NC1C2CCC(C2)C1C(=O)N1C[C@H](O)C[C@@H]1C(=O)O. The Balaban J connectivity index is 1.78. The molecule has 106 valence electrons. The number of carboxylic acid groups (broad SMARTS) is 1. The van der Waals surface area contributed by atoms with E-state index in [9.17, 15) is 14.7 Å². The van der Waals surface area contributed by atoms with Gasteiger partial charge in [0.2, 0.25) is 5.91 Å². The molecule has 2 saturated carbocycles. The first kappa shape index (κ1) is 12.9. The monoisotopic (exact) mass is 268 g/mol. The Morgan fingerprint density at radius 2 is 1.84 bits per heavy atom. The van der Waals surface area contributed by atoms with Crippen molar-refractivity contribution in [3.8, 4) is 0 Å². The highest BCUT2D eigenvalue weighted by atomic mass is 16.4. The zero-order valence-corrected chi connectivity index (χ0v) is 10.7. The van der Waals surface area contributed by atoms with Crippen LogP contribution in [0.25, 0.3) is 0 Å². The summed E-state index contributed by atoms with van der Waals surface area (Å²) >= 11 is 0. The third-order valence-corrected chi connectivity index (χ3v) is 5.11. The van der Waals surface area contributed by atoms with E-state index in [4.69, 9.17) is 10.8 Å². The number of rotatable bonds is 2. The lowest BCUT2D eigenvalue weighted by atomic mass is 9.84. The minimum atomic E-state index is -1.04. The predicted molar refractivity (Wildman–Crippen MR) is 66.1 cm³/mol. The lowest BCUT2D eigenvalue weighted by Gasteiger charge is -2.32. The zero-order valence-electron chi connectivity index (χ0n) is 10.7. The van der Waals surface area contributed by atoms with E-state index in [1.54, 1.807) is 0 Å². The van der Waals surface area contributed by atoms with Gasteiger partial charge in [0.1, 0.15) is 6.04 Å². The Labute approximate surface area is 111 Å². The molecule has 1 saturated heterocycles. The maximum Gasteiger partial charge on any atom is 0.326 e. The van der Waals surface area contributed by atoms with Crippen LogP contribution >= 0.6 is 0 Å². The fourth-order valence-corrected chi connectivity index (χ4v) is 4.19. The normalized spacial score (nSPS) is 44.8. The molecule has 0 aromatic rings. The summed E-state index contributed by atoms with van der Waals surface area (Å²) in [6.07, 6.45) is 2.48. The molecule has 1 amide bonds. The zero-order chi connectivity index (χ0) is 13.7. The average molecular weight is 268 g/mol. The number of carbonyl (C=O) groups is 2. The molecular formula is C13H20N2O4. The van der Waals surface area contributed by atoms with Gasteiger partial charge in [0, 0.05) is 19.0 Å². The molecule has 1 heterocycles. The van der Waals surface area contributed by atoms with Crippen molar-refractivity contribution in [2.24, 2.45) is 23.5 Å². The maximum absolute atomic E-state index is 12.6. The van der Waals surface area contributed by atoms with Crippen LogP contribution in [0.3, 0.4) is 0 Å². The number of nitrogens with two attached hydrogens (primary N) is 1. The Morgan fingerprint density at radius 1 is 1.16 bits per heavy atom. The van der Waals surface area contributed by atoms with Gasteiger partial charge in [-0.25, -0.2) is 4.79 Å². The highest BCUT2D eigenvalue weighted by molar-refractivity contribution is 5.86. The second-order valence-electron chi connectivity index (χ2n) is 6.17.